The highest BCUT2D eigenvalue weighted by Crippen LogP contribution is 2.40. The quantitative estimate of drug-likeness (QED) is 0.813. The van der Waals surface area contributed by atoms with Crippen LogP contribution in [0.15, 0.2) is 24.3 Å². The second kappa shape index (κ2) is 10.7. The van der Waals surface area contributed by atoms with Crippen LogP contribution in [-0.4, -0.2) is 67.4 Å². The van der Waals surface area contributed by atoms with E-state index in [2.05, 4.69) is 29.0 Å². The molecule has 1 atom stereocenters. The molecule has 0 bridgehead atoms. The largest absolute Gasteiger partial charge is 0.497 e. The highest BCUT2D eigenvalue weighted by atomic mass is 35.5. The lowest BCUT2D eigenvalue weighted by Gasteiger charge is -2.43. The smallest absolute Gasteiger partial charge is 0.118 e. The van der Waals surface area contributed by atoms with Gasteiger partial charge in [0.25, 0.3) is 0 Å². The minimum atomic E-state index is -0.559. The topological polar surface area (TPSA) is 35.9 Å². The standard InChI is InChI=1S/C20H32N2O2.2ClH/c1-21-12-14-22(15-13-21)16-19(20(23)10-4-3-5-11-20)17-6-8-18(24-2)9-7-17;;/h6-9,19,23H,3-5,10-16H2,1-2H3;2*1H. The summed E-state index contributed by atoms with van der Waals surface area (Å²) in [4.78, 5) is 4.91. The molecular formula is C20H34Cl2N2O2. The lowest BCUT2D eigenvalue weighted by atomic mass is 9.72. The van der Waals surface area contributed by atoms with Gasteiger partial charge in [-0.2, -0.15) is 0 Å². The van der Waals surface area contributed by atoms with Crippen molar-refractivity contribution in [3.8, 4) is 5.75 Å². The second-order valence-electron chi connectivity index (χ2n) is 7.59. The van der Waals surface area contributed by atoms with Gasteiger partial charge in [-0.1, -0.05) is 31.4 Å². The number of likely N-dealkylation sites (N-methyl/N-ethyl adjacent to an activating group) is 1. The molecular weight excluding hydrogens is 371 g/mol. The zero-order valence-corrected chi connectivity index (χ0v) is 17.7. The summed E-state index contributed by atoms with van der Waals surface area (Å²) in [5.74, 6) is 1.07. The Kier molecular flexibility index (Phi) is 9.70. The zero-order chi connectivity index (χ0) is 17.0. The van der Waals surface area contributed by atoms with Crippen molar-refractivity contribution in [2.24, 2.45) is 0 Å². The van der Waals surface area contributed by atoms with Gasteiger partial charge in [-0.3, -0.25) is 0 Å². The number of hydrogen-bond donors (Lipinski definition) is 1. The molecule has 3 rings (SSSR count). The summed E-state index contributed by atoms with van der Waals surface area (Å²) in [5.41, 5.74) is 0.690. The summed E-state index contributed by atoms with van der Waals surface area (Å²) in [7, 11) is 3.89. The number of nitrogens with zero attached hydrogens (tertiary/aromatic N) is 2. The van der Waals surface area contributed by atoms with E-state index in [4.69, 9.17) is 4.74 Å². The van der Waals surface area contributed by atoms with Crippen LogP contribution in [0.3, 0.4) is 0 Å². The molecule has 4 nitrogen and oxygen atoms in total. The van der Waals surface area contributed by atoms with Gasteiger partial charge >= 0.3 is 0 Å². The summed E-state index contributed by atoms with van der Waals surface area (Å²) in [6.45, 7) is 5.39. The number of piperazine rings is 1. The summed E-state index contributed by atoms with van der Waals surface area (Å²) in [6, 6.07) is 8.34. The van der Waals surface area contributed by atoms with Crippen molar-refractivity contribution in [1.29, 1.82) is 0 Å². The molecule has 1 saturated carbocycles. The van der Waals surface area contributed by atoms with Gasteiger partial charge < -0.3 is 19.6 Å². The van der Waals surface area contributed by atoms with Gasteiger partial charge in [-0.25, -0.2) is 0 Å². The number of hydrogen-bond acceptors (Lipinski definition) is 4. The van der Waals surface area contributed by atoms with Gasteiger partial charge in [-0.05, 0) is 37.6 Å². The fraction of sp³-hybridized carbons (Fsp3) is 0.700. The van der Waals surface area contributed by atoms with Crippen LogP contribution in [0.25, 0.3) is 0 Å². The Balaban J connectivity index is 0.00000169. The first-order chi connectivity index (χ1) is 11.6. The maximum Gasteiger partial charge on any atom is 0.118 e. The van der Waals surface area contributed by atoms with Crippen molar-refractivity contribution in [1.82, 2.24) is 9.80 Å². The number of rotatable bonds is 5. The van der Waals surface area contributed by atoms with Gasteiger partial charge in [0.15, 0.2) is 0 Å². The Morgan fingerprint density at radius 2 is 1.58 bits per heavy atom. The normalized spacial score (nSPS) is 22.0. The molecule has 1 unspecified atom stereocenters. The molecule has 150 valence electrons. The van der Waals surface area contributed by atoms with Crippen LogP contribution >= 0.6 is 24.8 Å². The maximum absolute atomic E-state index is 11.4. The molecule has 1 aromatic rings. The van der Waals surface area contributed by atoms with E-state index in [1.54, 1.807) is 7.11 Å². The zero-order valence-electron chi connectivity index (χ0n) is 16.0. The van der Waals surface area contributed by atoms with Crippen molar-refractivity contribution in [3.63, 3.8) is 0 Å². The van der Waals surface area contributed by atoms with Crippen LogP contribution in [0.5, 0.6) is 5.75 Å². The molecule has 1 aromatic carbocycles. The van der Waals surface area contributed by atoms with E-state index in [1.807, 2.05) is 12.1 Å². The van der Waals surface area contributed by atoms with Crippen molar-refractivity contribution in [2.45, 2.75) is 43.6 Å². The van der Waals surface area contributed by atoms with E-state index in [-0.39, 0.29) is 30.7 Å². The van der Waals surface area contributed by atoms with Crippen molar-refractivity contribution >= 4 is 24.8 Å². The van der Waals surface area contributed by atoms with Crippen LogP contribution in [0, 0.1) is 0 Å². The molecule has 2 aliphatic rings. The third kappa shape index (κ3) is 5.74. The number of methoxy groups -OCH3 is 1. The molecule has 0 amide bonds. The molecule has 1 aliphatic heterocycles. The molecule has 1 aliphatic carbocycles. The third-order valence-electron chi connectivity index (χ3n) is 5.92. The lowest BCUT2D eigenvalue weighted by molar-refractivity contribution is -0.0337. The van der Waals surface area contributed by atoms with Gasteiger partial charge in [0.1, 0.15) is 5.75 Å². The molecule has 1 heterocycles. The molecule has 0 spiro atoms. The monoisotopic (exact) mass is 404 g/mol. The van der Waals surface area contributed by atoms with Gasteiger partial charge in [0.2, 0.25) is 0 Å². The maximum atomic E-state index is 11.4. The molecule has 0 radical (unpaired) electrons. The van der Waals surface area contributed by atoms with Crippen molar-refractivity contribution in [2.75, 3.05) is 46.9 Å². The third-order valence-corrected chi connectivity index (χ3v) is 5.92. The van der Waals surface area contributed by atoms with Crippen LogP contribution < -0.4 is 4.74 Å². The number of aliphatic hydroxyl groups is 1. The first-order valence-corrected chi connectivity index (χ1v) is 9.38. The molecule has 1 saturated heterocycles. The number of halogens is 2. The average Bonchev–Trinajstić information content (AvgIpc) is 2.62. The molecule has 1 N–H and O–H groups in total. The number of ether oxygens (including phenoxy) is 1. The minimum Gasteiger partial charge on any atom is -0.497 e. The van der Waals surface area contributed by atoms with E-state index in [0.717, 1.165) is 64.2 Å². The van der Waals surface area contributed by atoms with Gasteiger partial charge in [0.05, 0.1) is 12.7 Å². The van der Waals surface area contributed by atoms with Crippen LogP contribution in [0.2, 0.25) is 0 Å². The predicted octanol–water partition coefficient (Wildman–Crippen LogP) is 3.57. The van der Waals surface area contributed by atoms with E-state index in [1.165, 1.54) is 12.0 Å². The average molecular weight is 405 g/mol. The second-order valence-corrected chi connectivity index (χ2v) is 7.59. The molecule has 26 heavy (non-hydrogen) atoms. The highest BCUT2D eigenvalue weighted by molar-refractivity contribution is 5.85. The fourth-order valence-corrected chi connectivity index (χ4v) is 4.22. The Hall–Kier alpha value is -0.520. The van der Waals surface area contributed by atoms with Gasteiger partial charge in [0, 0.05) is 38.6 Å². The molecule has 0 aromatic heterocycles. The Bertz CT molecular complexity index is 513. The van der Waals surface area contributed by atoms with Crippen molar-refractivity contribution < 1.29 is 9.84 Å². The summed E-state index contributed by atoms with van der Waals surface area (Å²) < 4.78 is 5.30. The number of benzene rings is 1. The Morgan fingerprint density at radius 3 is 2.12 bits per heavy atom. The Labute approximate surface area is 170 Å². The summed E-state index contributed by atoms with van der Waals surface area (Å²) >= 11 is 0. The summed E-state index contributed by atoms with van der Waals surface area (Å²) in [5, 5.41) is 11.4. The lowest BCUT2D eigenvalue weighted by Crippen LogP contribution is -2.50. The van der Waals surface area contributed by atoms with Crippen LogP contribution in [0.4, 0.5) is 0 Å². The molecule has 2 fully saturated rings. The van der Waals surface area contributed by atoms with Gasteiger partial charge in [-0.15, -0.1) is 24.8 Å². The fourth-order valence-electron chi connectivity index (χ4n) is 4.22. The Morgan fingerprint density at radius 1 is 1.00 bits per heavy atom. The first-order valence-electron chi connectivity index (χ1n) is 9.38. The van der Waals surface area contributed by atoms with Crippen molar-refractivity contribution in [3.05, 3.63) is 29.8 Å². The predicted molar refractivity (Wildman–Crippen MR) is 112 cm³/mol. The first kappa shape index (κ1) is 23.5. The molecule has 6 heteroatoms. The summed E-state index contributed by atoms with van der Waals surface area (Å²) in [6.07, 6.45) is 5.40. The minimum absolute atomic E-state index is 0. The SMILES string of the molecule is COc1ccc(C(CN2CCN(C)CC2)C2(O)CCCCC2)cc1.Cl.Cl. The van der Waals surface area contributed by atoms with E-state index in [9.17, 15) is 5.11 Å². The highest BCUT2D eigenvalue weighted by Gasteiger charge is 2.39. The van der Waals surface area contributed by atoms with E-state index < -0.39 is 5.60 Å². The van der Waals surface area contributed by atoms with Crippen LogP contribution in [0.1, 0.15) is 43.6 Å². The van der Waals surface area contributed by atoms with Crippen LogP contribution in [-0.2, 0) is 0 Å². The van der Waals surface area contributed by atoms with E-state index in [0.29, 0.717) is 0 Å². The van der Waals surface area contributed by atoms with E-state index >= 15 is 0 Å².